The van der Waals surface area contributed by atoms with E-state index in [9.17, 15) is 8.42 Å². The molecule has 6 heteroatoms. The lowest BCUT2D eigenvalue weighted by atomic mass is 9.97. The average Bonchev–Trinajstić information content (AvgIpc) is 2.81. The largest absolute Gasteiger partial charge is 0.379 e. The van der Waals surface area contributed by atoms with Crippen LogP contribution in [0.25, 0.3) is 0 Å². The molecule has 5 nitrogen and oxygen atoms in total. The lowest BCUT2D eigenvalue weighted by molar-refractivity contribution is 0.0730. The zero-order valence-electron chi connectivity index (χ0n) is 17.7. The van der Waals surface area contributed by atoms with Gasteiger partial charge in [-0.3, -0.25) is 4.90 Å². The molecule has 31 heavy (non-hydrogen) atoms. The van der Waals surface area contributed by atoms with E-state index >= 15 is 0 Å². The van der Waals surface area contributed by atoms with Gasteiger partial charge >= 0.3 is 0 Å². The maximum atomic E-state index is 13.1. The van der Waals surface area contributed by atoms with Crippen molar-refractivity contribution in [2.45, 2.75) is 17.5 Å². The molecular formula is C25H28N2O3S. The highest BCUT2D eigenvalue weighted by Gasteiger charge is 2.27. The lowest BCUT2D eigenvalue weighted by Crippen LogP contribution is -2.40. The first-order chi connectivity index (χ1) is 15.1. The van der Waals surface area contributed by atoms with Crippen molar-refractivity contribution in [2.75, 3.05) is 33.4 Å². The maximum absolute atomic E-state index is 13.1. The Bertz CT molecular complexity index is 1040. The highest BCUT2D eigenvalue weighted by atomic mass is 32.2. The Hall–Kier alpha value is -2.51. The van der Waals surface area contributed by atoms with Crippen LogP contribution >= 0.6 is 0 Å². The highest BCUT2D eigenvalue weighted by Crippen LogP contribution is 2.29. The number of sulfonamides is 1. The van der Waals surface area contributed by atoms with Crippen molar-refractivity contribution in [3.63, 3.8) is 0 Å². The summed E-state index contributed by atoms with van der Waals surface area (Å²) < 4.78 is 32.9. The van der Waals surface area contributed by atoms with Gasteiger partial charge in [-0.15, -0.1) is 0 Å². The van der Waals surface area contributed by atoms with Gasteiger partial charge in [-0.2, -0.15) is 4.31 Å². The highest BCUT2D eigenvalue weighted by molar-refractivity contribution is 7.89. The Kier molecular flexibility index (Phi) is 6.83. The van der Waals surface area contributed by atoms with Gasteiger partial charge < -0.3 is 4.74 Å². The van der Waals surface area contributed by atoms with Gasteiger partial charge in [0, 0.05) is 19.6 Å². The predicted octanol–water partition coefficient (Wildman–Crippen LogP) is 3.93. The van der Waals surface area contributed by atoms with Crippen LogP contribution in [-0.4, -0.2) is 51.0 Å². The molecule has 1 saturated heterocycles. The molecule has 0 amide bonds. The quantitative estimate of drug-likeness (QED) is 0.563. The van der Waals surface area contributed by atoms with E-state index in [2.05, 4.69) is 60.5 Å². The van der Waals surface area contributed by atoms with E-state index < -0.39 is 10.0 Å². The summed E-state index contributed by atoms with van der Waals surface area (Å²) in [5, 5.41) is 0. The Morgan fingerprint density at radius 3 is 2.03 bits per heavy atom. The smallest absolute Gasteiger partial charge is 0.243 e. The van der Waals surface area contributed by atoms with Crippen LogP contribution in [0, 0.1) is 0 Å². The molecule has 0 unspecified atom stereocenters. The number of benzene rings is 3. The van der Waals surface area contributed by atoms with Crippen LogP contribution in [0.15, 0.2) is 89.8 Å². The third-order valence-corrected chi connectivity index (χ3v) is 7.50. The summed E-state index contributed by atoms with van der Waals surface area (Å²) in [6.07, 6.45) is 0. The molecule has 0 radical (unpaired) electrons. The topological polar surface area (TPSA) is 49.9 Å². The number of hydrogen-bond acceptors (Lipinski definition) is 4. The molecule has 0 aromatic heterocycles. The van der Waals surface area contributed by atoms with Crippen LogP contribution in [0.5, 0.6) is 0 Å². The van der Waals surface area contributed by atoms with Crippen LogP contribution in [0.2, 0.25) is 0 Å². The fourth-order valence-electron chi connectivity index (χ4n) is 4.09. The Labute approximate surface area is 184 Å². The SMILES string of the molecule is CN(Cc1cccc(S(=O)(=O)N2CCOCC2)c1)C(c1ccccc1)c1ccccc1. The third kappa shape index (κ3) is 5.05. The van der Waals surface area contributed by atoms with E-state index in [-0.39, 0.29) is 6.04 Å². The van der Waals surface area contributed by atoms with Gasteiger partial charge in [0.25, 0.3) is 0 Å². The van der Waals surface area contributed by atoms with Crippen molar-refractivity contribution < 1.29 is 13.2 Å². The second-order valence-electron chi connectivity index (χ2n) is 7.80. The van der Waals surface area contributed by atoms with Crippen LogP contribution in [0.3, 0.4) is 0 Å². The van der Waals surface area contributed by atoms with E-state index in [1.165, 1.54) is 15.4 Å². The minimum atomic E-state index is -3.51. The van der Waals surface area contributed by atoms with Gasteiger partial charge in [-0.25, -0.2) is 8.42 Å². The summed E-state index contributed by atoms with van der Waals surface area (Å²) >= 11 is 0. The van der Waals surface area contributed by atoms with Gasteiger partial charge in [0.05, 0.1) is 24.2 Å². The van der Waals surface area contributed by atoms with Crippen molar-refractivity contribution >= 4 is 10.0 Å². The van der Waals surface area contributed by atoms with Gasteiger partial charge in [0.15, 0.2) is 0 Å². The molecule has 1 heterocycles. The van der Waals surface area contributed by atoms with Crippen molar-refractivity contribution in [1.29, 1.82) is 0 Å². The normalized spacial score (nSPS) is 15.5. The average molecular weight is 437 g/mol. The Morgan fingerprint density at radius 2 is 1.45 bits per heavy atom. The fraction of sp³-hybridized carbons (Fsp3) is 0.280. The lowest BCUT2D eigenvalue weighted by Gasteiger charge is -2.29. The summed E-state index contributed by atoms with van der Waals surface area (Å²) in [6.45, 7) is 2.31. The molecule has 0 spiro atoms. The van der Waals surface area contributed by atoms with Crippen molar-refractivity contribution in [3.05, 3.63) is 102 Å². The first kappa shape index (κ1) is 21.7. The molecule has 0 saturated carbocycles. The summed E-state index contributed by atoms with van der Waals surface area (Å²) in [5.74, 6) is 0. The number of nitrogens with zero attached hydrogens (tertiary/aromatic N) is 2. The molecule has 1 fully saturated rings. The zero-order chi connectivity index (χ0) is 21.7. The molecule has 1 aliphatic heterocycles. The molecule has 3 aromatic carbocycles. The minimum Gasteiger partial charge on any atom is -0.379 e. The Morgan fingerprint density at radius 1 is 0.871 bits per heavy atom. The maximum Gasteiger partial charge on any atom is 0.243 e. The number of rotatable bonds is 7. The van der Waals surface area contributed by atoms with Crippen LogP contribution in [0.1, 0.15) is 22.7 Å². The molecule has 0 aliphatic carbocycles. The number of morpholine rings is 1. The molecule has 3 aromatic rings. The van der Waals surface area contributed by atoms with Gasteiger partial charge in [0.2, 0.25) is 10.0 Å². The van der Waals surface area contributed by atoms with Gasteiger partial charge in [-0.05, 0) is 35.9 Å². The van der Waals surface area contributed by atoms with Crippen LogP contribution in [-0.2, 0) is 21.3 Å². The van der Waals surface area contributed by atoms with Gasteiger partial charge in [-0.1, -0.05) is 72.8 Å². The van der Waals surface area contributed by atoms with E-state index in [4.69, 9.17) is 4.74 Å². The van der Waals surface area contributed by atoms with Crippen LogP contribution in [0.4, 0.5) is 0 Å². The Balaban J connectivity index is 1.60. The summed E-state index contributed by atoms with van der Waals surface area (Å²) in [5.41, 5.74) is 3.37. The van der Waals surface area contributed by atoms with E-state index in [0.29, 0.717) is 37.7 Å². The second kappa shape index (κ2) is 9.75. The summed E-state index contributed by atoms with van der Waals surface area (Å²) in [6, 6.07) is 28.1. The van der Waals surface area contributed by atoms with Crippen molar-refractivity contribution in [2.24, 2.45) is 0 Å². The van der Waals surface area contributed by atoms with E-state index in [0.717, 1.165) is 5.56 Å². The molecule has 0 atom stereocenters. The van der Waals surface area contributed by atoms with Crippen molar-refractivity contribution in [3.8, 4) is 0 Å². The van der Waals surface area contributed by atoms with Crippen molar-refractivity contribution in [1.82, 2.24) is 9.21 Å². The minimum absolute atomic E-state index is 0.0712. The molecule has 1 aliphatic rings. The summed E-state index contributed by atoms with van der Waals surface area (Å²) in [7, 11) is -1.43. The summed E-state index contributed by atoms with van der Waals surface area (Å²) in [4.78, 5) is 2.60. The molecular weight excluding hydrogens is 408 g/mol. The van der Waals surface area contributed by atoms with Gasteiger partial charge in [0.1, 0.15) is 0 Å². The van der Waals surface area contributed by atoms with E-state index in [1.807, 2.05) is 24.3 Å². The van der Waals surface area contributed by atoms with E-state index in [1.54, 1.807) is 12.1 Å². The number of ether oxygens (including phenoxy) is 1. The molecule has 0 N–H and O–H groups in total. The fourth-order valence-corrected chi connectivity index (χ4v) is 5.57. The molecule has 162 valence electrons. The predicted molar refractivity (Wildman–Crippen MR) is 122 cm³/mol. The standard InChI is InChI=1S/C25H28N2O3S/c1-26(25(22-10-4-2-5-11-22)23-12-6-3-7-13-23)20-21-9-8-14-24(19-21)31(28,29)27-15-17-30-18-16-27/h2-14,19,25H,15-18,20H2,1H3. The first-order valence-electron chi connectivity index (χ1n) is 10.5. The first-order valence-corrected chi connectivity index (χ1v) is 12.0. The molecule has 4 rings (SSSR count). The monoisotopic (exact) mass is 436 g/mol. The molecule has 0 bridgehead atoms. The van der Waals surface area contributed by atoms with Crippen LogP contribution < -0.4 is 0 Å². The second-order valence-corrected chi connectivity index (χ2v) is 9.74. The number of hydrogen-bond donors (Lipinski definition) is 0. The zero-order valence-corrected chi connectivity index (χ0v) is 18.5. The third-order valence-electron chi connectivity index (χ3n) is 5.61.